The van der Waals surface area contributed by atoms with E-state index in [1.807, 2.05) is 0 Å². The van der Waals surface area contributed by atoms with Gasteiger partial charge in [0.15, 0.2) is 0 Å². The van der Waals surface area contributed by atoms with Crippen LogP contribution < -0.4 is 5.73 Å². The summed E-state index contributed by atoms with van der Waals surface area (Å²) in [5.41, 5.74) is 5.97. The van der Waals surface area contributed by atoms with Gasteiger partial charge in [-0.05, 0) is 24.6 Å². The SMILES string of the molecule is Nc1ccc(Cl)cc1S(=O)(=O)N1CCN2C(=O)CCC2C1. The Morgan fingerprint density at radius 1 is 1.29 bits per heavy atom. The van der Waals surface area contributed by atoms with Gasteiger partial charge in [-0.25, -0.2) is 8.42 Å². The number of fused-ring (bicyclic) bond motifs is 1. The van der Waals surface area contributed by atoms with Gasteiger partial charge in [0.1, 0.15) is 4.90 Å². The zero-order chi connectivity index (χ0) is 15.2. The van der Waals surface area contributed by atoms with E-state index >= 15 is 0 Å². The number of hydrogen-bond acceptors (Lipinski definition) is 4. The number of carbonyl (C=O) groups is 1. The van der Waals surface area contributed by atoms with E-state index in [1.54, 1.807) is 11.0 Å². The largest absolute Gasteiger partial charge is 0.398 e. The summed E-state index contributed by atoms with van der Waals surface area (Å²) in [6.45, 7) is 1.04. The Morgan fingerprint density at radius 2 is 2.05 bits per heavy atom. The minimum Gasteiger partial charge on any atom is -0.398 e. The number of anilines is 1. The average Bonchev–Trinajstić information content (AvgIpc) is 2.82. The molecule has 2 fully saturated rings. The smallest absolute Gasteiger partial charge is 0.245 e. The van der Waals surface area contributed by atoms with Crippen LogP contribution in [0.4, 0.5) is 5.69 Å². The minimum atomic E-state index is -3.69. The van der Waals surface area contributed by atoms with Gasteiger partial charge >= 0.3 is 0 Å². The predicted molar refractivity (Wildman–Crippen MR) is 79.4 cm³/mol. The van der Waals surface area contributed by atoms with E-state index < -0.39 is 10.0 Å². The molecule has 8 heteroatoms. The van der Waals surface area contributed by atoms with E-state index in [0.717, 1.165) is 0 Å². The highest BCUT2D eigenvalue weighted by Gasteiger charge is 2.40. The summed E-state index contributed by atoms with van der Waals surface area (Å²) in [7, 11) is -3.69. The summed E-state index contributed by atoms with van der Waals surface area (Å²) in [6.07, 6.45) is 1.20. The Kier molecular flexibility index (Phi) is 3.59. The van der Waals surface area contributed by atoms with Crippen molar-refractivity contribution in [1.29, 1.82) is 0 Å². The lowest BCUT2D eigenvalue weighted by molar-refractivity contribution is -0.130. The number of nitrogens with two attached hydrogens (primary N) is 1. The third-order valence-corrected chi connectivity index (χ3v) is 6.21. The molecule has 1 aromatic rings. The summed E-state index contributed by atoms with van der Waals surface area (Å²) in [6, 6.07) is 4.40. The van der Waals surface area contributed by atoms with Gasteiger partial charge in [-0.3, -0.25) is 4.79 Å². The average molecular weight is 330 g/mol. The standard InChI is InChI=1S/C13H16ClN3O3S/c14-9-1-3-11(15)12(7-9)21(19,20)16-5-6-17-10(8-16)2-4-13(17)18/h1,3,7,10H,2,4-6,8,15H2. The fraction of sp³-hybridized carbons (Fsp3) is 0.462. The number of rotatable bonds is 2. The van der Waals surface area contributed by atoms with Gasteiger partial charge in [-0.15, -0.1) is 0 Å². The molecule has 114 valence electrons. The number of nitrogens with zero attached hydrogens (tertiary/aromatic N) is 2. The van der Waals surface area contributed by atoms with Crippen molar-refractivity contribution in [2.45, 2.75) is 23.8 Å². The van der Waals surface area contributed by atoms with Crippen molar-refractivity contribution in [2.75, 3.05) is 25.4 Å². The van der Waals surface area contributed by atoms with Crippen LogP contribution in [0.2, 0.25) is 5.02 Å². The highest BCUT2D eigenvalue weighted by atomic mass is 35.5. The molecular formula is C13H16ClN3O3S. The quantitative estimate of drug-likeness (QED) is 0.818. The molecule has 0 radical (unpaired) electrons. The monoisotopic (exact) mass is 329 g/mol. The van der Waals surface area contributed by atoms with Crippen LogP contribution in [-0.2, 0) is 14.8 Å². The van der Waals surface area contributed by atoms with Crippen LogP contribution in [-0.4, -0.2) is 49.2 Å². The van der Waals surface area contributed by atoms with Gasteiger partial charge in [-0.2, -0.15) is 4.31 Å². The van der Waals surface area contributed by atoms with Crippen molar-refractivity contribution in [2.24, 2.45) is 0 Å². The fourth-order valence-electron chi connectivity index (χ4n) is 2.92. The van der Waals surface area contributed by atoms with Crippen molar-refractivity contribution in [3.8, 4) is 0 Å². The number of amides is 1. The maximum absolute atomic E-state index is 12.7. The third kappa shape index (κ3) is 2.49. The zero-order valence-electron chi connectivity index (χ0n) is 11.3. The number of halogens is 1. The number of sulfonamides is 1. The van der Waals surface area contributed by atoms with Gasteiger partial charge in [0, 0.05) is 37.1 Å². The van der Waals surface area contributed by atoms with E-state index in [2.05, 4.69) is 0 Å². The number of piperazine rings is 1. The van der Waals surface area contributed by atoms with Crippen LogP contribution in [0, 0.1) is 0 Å². The first-order valence-corrected chi connectivity index (χ1v) is 8.56. The molecule has 0 aliphatic carbocycles. The predicted octanol–water partition coefficient (Wildman–Crippen LogP) is 0.917. The lowest BCUT2D eigenvalue weighted by Gasteiger charge is -2.36. The molecule has 21 heavy (non-hydrogen) atoms. The molecule has 1 amide bonds. The molecule has 0 saturated carbocycles. The van der Waals surface area contributed by atoms with Gasteiger partial charge in [0.25, 0.3) is 0 Å². The van der Waals surface area contributed by atoms with Crippen LogP contribution >= 0.6 is 11.6 Å². The molecule has 0 aromatic heterocycles. The topological polar surface area (TPSA) is 83.7 Å². The van der Waals surface area contributed by atoms with Crippen LogP contribution in [0.15, 0.2) is 23.1 Å². The zero-order valence-corrected chi connectivity index (χ0v) is 12.9. The molecular weight excluding hydrogens is 314 g/mol. The molecule has 0 bridgehead atoms. The van der Waals surface area contributed by atoms with E-state index in [4.69, 9.17) is 17.3 Å². The summed E-state index contributed by atoms with van der Waals surface area (Å²) < 4.78 is 26.8. The van der Waals surface area contributed by atoms with Gasteiger partial charge < -0.3 is 10.6 Å². The van der Waals surface area contributed by atoms with E-state index in [-0.39, 0.29) is 29.1 Å². The molecule has 6 nitrogen and oxygen atoms in total. The van der Waals surface area contributed by atoms with Crippen molar-refractivity contribution in [3.63, 3.8) is 0 Å². The van der Waals surface area contributed by atoms with E-state index in [0.29, 0.717) is 31.0 Å². The second kappa shape index (κ2) is 5.15. The summed E-state index contributed by atoms with van der Waals surface area (Å²) >= 11 is 5.88. The second-order valence-electron chi connectivity index (χ2n) is 5.32. The molecule has 1 atom stereocenters. The number of carbonyl (C=O) groups excluding carboxylic acids is 1. The summed E-state index contributed by atoms with van der Waals surface area (Å²) in [4.78, 5) is 13.5. The van der Waals surface area contributed by atoms with Crippen LogP contribution in [0.3, 0.4) is 0 Å². The summed E-state index contributed by atoms with van der Waals surface area (Å²) in [5, 5.41) is 0.331. The van der Waals surface area contributed by atoms with Gasteiger partial charge in [-0.1, -0.05) is 11.6 Å². The molecule has 2 heterocycles. The summed E-state index contributed by atoms with van der Waals surface area (Å²) in [5.74, 6) is 0.110. The van der Waals surface area contributed by atoms with E-state index in [9.17, 15) is 13.2 Å². The Bertz CT molecular complexity index is 692. The van der Waals surface area contributed by atoms with E-state index in [1.165, 1.54) is 16.4 Å². The molecule has 1 unspecified atom stereocenters. The van der Waals surface area contributed by atoms with Crippen LogP contribution in [0.25, 0.3) is 0 Å². The highest BCUT2D eigenvalue weighted by molar-refractivity contribution is 7.89. The maximum Gasteiger partial charge on any atom is 0.245 e. The lowest BCUT2D eigenvalue weighted by Crippen LogP contribution is -2.53. The first-order chi connectivity index (χ1) is 9.89. The first kappa shape index (κ1) is 14.6. The Hall–Kier alpha value is -1.31. The molecule has 2 saturated heterocycles. The number of hydrogen-bond donors (Lipinski definition) is 1. The third-order valence-electron chi connectivity index (χ3n) is 4.05. The maximum atomic E-state index is 12.7. The Balaban J connectivity index is 1.89. The molecule has 2 aliphatic rings. The van der Waals surface area contributed by atoms with Gasteiger partial charge in [0.2, 0.25) is 15.9 Å². The molecule has 0 spiro atoms. The molecule has 2 N–H and O–H groups in total. The van der Waals surface area contributed by atoms with Gasteiger partial charge in [0.05, 0.1) is 5.69 Å². The number of nitrogen functional groups attached to an aromatic ring is 1. The first-order valence-electron chi connectivity index (χ1n) is 6.74. The Labute approximate surface area is 128 Å². The number of benzene rings is 1. The fourth-order valence-corrected chi connectivity index (χ4v) is 4.77. The normalized spacial score (nSPS) is 23.4. The Morgan fingerprint density at radius 3 is 2.81 bits per heavy atom. The van der Waals surface area contributed by atoms with Crippen molar-refractivity contribution >= 4 is 33.2 Å². The molecule has 3 rings (SSSR count). The van der Waals surface area contributed by atoms with Crippen LogP contribution in [0.5, 0.6) is 0 Å². The minimum absolute atomic E-state index is 0.0265. The molecule has 1 aromatic carbocycles. The van der Waals surface area contributed by atoms with Crippen LogP contribution in [0.1, 0.15) is 12.8 Å². The highest BCUT2D eigenvalue weighted by Crippen LogP contribution is 2.30. The second-order valence-corrected chi connectivity index (χ2v) is 7.67. The lowest BCUT2D eigenvalue weighted by atomic mass is 10.2. The van der Waals surface area contributed by atoms with Crippen molar-refractivity contribution < 1.29 is 13.2 Å². The van der Waals surface area contributed by atoms with Crippen molar-refractivity contribution in [1.82, 2.24) is 9.21 Å². The van der Waals surface area contributed by atoms with Crippen molar-refractivity contribution in [3.05, 3.63) is 23.2 Å². The molecule has 2 aliphatic heterocycles.